The predicted molar refractivity (Wildman–Crippen MR) is 110 cm³/mol. The van der Waals surface area contributed by atoms with Crippen molar-refractivity contribution in [2.45, 2.75) is 57.4 Å². The van der Waals surface area contributed by atoms with Crippen LogP contribution in [0, 0.1) is 0 Å². The third-order valence-electron chi connectivity index (χ3n) is 6.64. The van der Waals surface area contributed by atoms with Crippen molar-refractivity contribution in [2.75, 3.05) is 45.8 Å². The fraction of sp³-hybridized carbons (Fsp3) is 0.696. The van der Waals surface area contributed by atoms with E-state index in [1.54, 1.807) is 0 Å². The maximum atomic E-state index is 13.0. The van der Waals surface area contributed by atoms with Gasteiger partial charge < -0.3 is 14.7 Å². The maximum Gasteiger partial charge on any atom is 0.254 e. The van der Waals surface area contributed by atoms with E-state index < -0.39 is 0 Å². The molecule has 0 N–H and O–H groups in total. The van der Waals surface area contributed by atoms with Gasteiger partial charge in [0.05, 0.1) is 0 Å². The smallest absolute Gasteiger partial charge is 0.254 e. The van der Waals surface area contributed by atoms with E-state index in [9.17, 15) is 4.79 Å². The highest BCUT2D eigenvalue weighted by molar-refractivity contribution is 5.94. The number of hydrogen-bond acceptors (Lipinski definition) is 3. The molecule has 4 rings (SSSR count). The Balaban J connectivity index is 1.28. The number of rotatable bonds is 7. The van der Waals surface area contributed by atoms with Gasteiger partial charge in [-0.3, -0.25) is 4.79 Å². The van der Waals surface area contributed by atoms with Crippen molar-refractivity contribution in [3.63, 3.8) is 0 Å². The average Bonchev–Trinajstić information content (AvgIpc) is 3.45. The molecule has 0 radical (unpaired) electrons. The van der Waals surface area contributed by atoms with Crippen LogP contribution in [0.25, 0.3) is 0 Å². The summed E-state index contributed by atoms with van der Waals surface area (Å²) in [6.45, 7) is 8.20. The molecule has 3 aliphatic heterocycles. The zero-order valence-corrected chi connectivity index (χ0v) is 16.7. The molecule has 0 bridgehead atoms. The van der Waals surface area contributed by atoms with E-state index in [1.807, 2.05) is 0 Å². The van der Waals surface area contributed by atoms with Gasteiger partial charge in [0.2, 0.25) is 0 Å². The molecule has 0 unspecified atom stereocenters. The summed E-state index contributed by atoms with van der Waals surface area (Å²) >= 11 is 0. The minimum atomic E-state index is 0.236. The van der Waals surface area contributed by atoms with E-state index in [-0.39, 0.29) is 5.91 Å². The van der Waals surface area contributed by atoms with Gasteiger partial charge in [-0.15, -0.1) is 0 Å². The Hall–Kier alpha value is -1.39. The zero-order chi connectivity index (χ0) is 18.5. The summed E-state index contributed by atoms with van der Waals surface area (Å²) in [6.07, 6.45) is 10.0. The fourth-order valence-electron chi connectivity index (χ4n) is 5.05. The highest BCUT2D eigenvalue weighted by Crippen LogP contribution is 2.23. The number of amides is 1. The predicted octanol–water partition coefficient (Wildman–Crippen LogP) is 3.42. The normalized spacial score (nSPS) is 24.1. The van der Waals surface area contributed by atoms with Gasteiger partial charge in [0.25, 0.3) is 5.91 Å². The van der Waals surface area contributed by atoms with Gasteiger partial charge in [0.15, 0.2) is 0 Å². The molecule has 148 valence electrons. The van der Waals surface area contributed by atoms with E-state index in [0.717, 1.165) is 37.9 Å². The Kier molecular flexibility index (Phi) is 6.46. The lowest BCUT2D eigenvalue weighted by molar-refractivity contribution is 0.0709. The second-order valence-electron chi connectivity index (χ2n) is 8.65. The Morgan fingerprint density at radius 1 is 0.852 bits per heavy atom. The van der Waals surface area contributed by atoms with Crippen molar-refractivity contribution in [1.82, 2.24) is 14.7 Å². The summed E-state index contributed by atoms with van der Waals surface area (Å²) in [4.78, 5) is 20.3. The van der Waals surface area contributed by atoms with E-state index in [0.29, 0.717) is 6.04 Å². The molecular formula is C23H35N3O. The molecule has 1 atom stereocenters. The first-order chi connectivity index (χ1) is 13.3. The molecule has 1 aromatic carbocycles. The SMILES string of the molecule is O=C(c1ccc(CCCN2CCCC2)cc1)N1CCC[C@H]1CN1CCCC1. The standard InChI is InChI=1S/C23H35N3O/c27-23(26-18-6-8-22(26)19-25-15-3-4-16-25)21-11-9-20(10-12-21)7-5-17-24-13-1-2-14-24/h9-12,22H,1-8,13-19H2/t22-/m0/s1. The number of nitrogens with zero attached hydrogens (tertiary/aromatic N) is 3. The largest absolute Gasteiger partial charge is 0.334 e. The summed E-state index contributed by atoms with van der Waals surface area (Å²) in [6, 6.07) is 8.86. The molecule has 3 fully saturated rings. The summed E-state index contributed by atoms with van der Waals surface area (Å²) < 4.78 is 0. The van der Waals surface area contributed by atoms with Gasteiger partial charge in [0.1, 0.15) is 0 Å². The molecular weight excluding hydrogens is 334 g/mol. The molecule has 3 aliphatic rings. The Morgan fingerprint density at radius 3 is 2.22 bits per heavy atom. The molecule has 0 spiro atoms. The molecule has 4 heteroatoms. The lowest BCUT2D eigenvalue weighted by Gasteiger charge is -2.28. The first-order valence-electron chi connectivity index (χ1n) is 11.1. The van der Waals surface area contributed by atoms with Crippen molar-refractivity contribution in [3.8, 4) is 0 Å². The number of carbonyl (C=O) groups excluding carboxylic acids is 1. The topological polar surface area (TPSA) is 26.8 Å². The molecule has 3 heterocycles. The minimum Gasteiger partial charge on any atom is -0.334 e. The lowest BCUT2D eigenvalue weighted by Crippen LogP contribution is -2.42. The van der Waals surface area contributed by atoms with Gasteiger partial charge in [-0.1, -0.05) is 12.1 Å². The summed E-state index contributed by atoms with van der Waals surface area (Å²) in [5.74, 6) is 0.236. The van der Waals surface area contributed by atoms with E-state index in [2.05, 4.69) is 39.0 Å². The van der Waals surface area contributed by atoms with Crippen molar-refractivity contribution >= 4 is 5.91 Å². The summed E-state index contributed by atoms with van der Waals surface area (Å²) in [5.41, 5.74) is 2.23. The Labute approximate surface area is 164 Å². The van der Waals surface area contributed by atoms with Crippen LogP contribution in [0.5, 0.6) is 0 Å². The van der Waals surface area contributed by atoms with Crippen molar-refractivity contribution in [3.05, 3.63) is 35.4 Å². The van der Waals surface area contributed by atoms with Crippen molar-refractivity contribution < 1.29 is 4.79 Å². The molecule has 0 saturated carbocycles. The van der Waals surface area contributed by atoms with Crippen LogP contribution in [-0.2, 0) is 6.42 Å². The van der Waals surface area contributed by atoms with Crippen molar-refractivity contribution in [1.29, 1.82) is 0 Å². The number of carbonyl (C=O) groups is 1. The van der Waals surface area contributed by atoms with Crippen LogP contribution < -0.4 is 0 Å². The van der Waals surface area contributed by atoms with Gasteiger partial charge in [0, 0.05) is 24.7 Å². The Morgan fingerprint density at radius 2 is 1.52 bits per heavy atom. The zero-order valence-electron chi connectivity index (χ0n) is 16.7. The monoisotopic (exact) mass is 369 g/mol. The molecule has 0 aliphatic carbocycles. The highest BCUT2D eigenvalue weighted by Gasteiger charge is 2.31. The summed E-state index contributed by atoms with van der Waals surface area (Å²) in [5, 5.41) is 0. The second-order valence-corrected chi connectivity index (χ2v) is 8.65. The third kappa shape index (κ3) is 4.91. The second kappa shape index (κ2) is 9.20. The van der Waals surface area contributed by atoms with Gasteiger partial charge >= 0.3 is 0 Å². The number of hydrogen-bond donors (Lipinski definition) is 0. The average molecular weight is 370 g/mol. The Bertz CT molecular complexity index is 603. The van der Waals surface area contributed by atoms with Crippen LogP contribution in [0.3, 0.4) is 0 Å². The van der Waals surface area contributed by atoms with Crippen LogP contribution in [0.4, 0.5) is 0 Å². The van der Waals surface area contributed by atoms with E-state index in [1.165, 1.54) is 70.4 Å². The molecule has 4 nitrogen and oxygen atoms in total. The van der Waals surface area contributed by atoms with Crippen LogP contribution in [0.2, 0.25) is 0 Å². The van der Waals surface area contributed by atoms with Crippen LogP contribution in [0.15, 0.2) is 24.3 Å². The molecule has 0 aromatic heterocycles. The third-order valence-corrected chi connectivity index (χ3v) is 6.64. The number of aryl methyl sites for hydroxylation is 1. The first-order valence-corrected chi connectivity index (χ1v) is 11.1. The molecule has 1 aromatic rings. The quantitative estimate of drug-likeness (QED) is 0.737. The van der Waals surface area contributed by atoms with E-state index >= 15 is 0 Å². The molecule has 3 saturated heterocycles. The number of benzene rings is 1. The van der Waals surface area contributed by atoms with Crippen LogP contribution in [0.1, 0.15) is 60.9 Å². The van der Waals surface area contributed by atoms with Gasteiger partial charge in [-0.05, 0) is 102 Å². The molecule has 1 amide bonds. The molecule has 27 heavy (non-hydrogen) atoms. The van der Waals surface area contributed by atoms with Crippen molar-refractivity contribution in [2.24, 2.45) is 0 Å². The lowest BCUT2D eigenvalue weighted by atomic mass is 10.1. The minimum absolute atomic E-state index is 0.236. The van der Waals surface area contributed by atoms with Crippen LogP contribution in [-0.4, -0.2) is 72.5 Å². The summed E-state index contributed by atoms with van der Waals surface area (Å²) in [7, 11) is 0. The first kappa shape index (κ1) is 18.9. The van der Waals surface area contributed by atoms with Crippen LogP contribution >= 0.6 is 0 Å². The fourth-order valence-corrected chi connectivity index (χ4v) is 5.05. The van der Waals surface area contributed by atoms with Gasteiger partial charge in [-0.2, -0.15) is 0 Å². The maximum absolute atomic E-state index is 13.0. The highest BCUT2D eigenvalue weighted by atomic mass is 16.2. The van der Waals surface area contributed by atoms with Gasteiger partial charge in [-0.25, -0.2) is 0 Å². The van der Waals surface area contributed by atoms with E-state index in [4.69, 9.17) is 0 Å². The number of likely N-dealkylation sites (tertiary alicyclic amines) is 3.